The van der Waals surface area contributed by atoms with Gasteiger partial charge in [0.1, 0.15) is 5.15 Å². The summed E-state index contributed by atoms with van der Waals surface area (Å²) in [7, 11) is 1.75. The Morgan fingerprint density at radius 1 is 1.42 bits per heavy atom. The van der Waals surface area contributed by atoms with Crippen molar-refractivity contribution < 1.29 is 4.79 Å². The van der Waals surface area contributed by atoms with Gasteiger partial charge in [-0.25, -0.2) is 4.98 Å². The number of pyridine rings is 1. The zero-order chi connectivity index (χ0) is 14.0. The lowest BCUT2D eigenvalue weighted by Gasteiger charge is -2.18. The number of para-hydroxylation sites is 1. The number of hydrogen-bond acceptors (Lipinski definition) is 2. The maximum Gasteiger partial charge on any atom is 0.254 e. The molecule has 1 aromatic carbocycles. The average Bonchev–Trinajstić information content (AvgIpc) is 2.36. The summed E-state index contributed by atoms with van der Waals surface area (Å²) in [5, 5.41) is 1.14. The molecular formula is C15H15ClN2O. The van der Waals surface area contributed by atoms with Crippen LogP contribution in [-0.4, -0.2) is 29.4 Å². The Balaban J connectivity index is 2.49. The molecule has 0 fully saturated rings. The fourth-order valence-electron chi connectivity index (χ4n) is 2.00. The predicted octanol–water partition coefficient (Wildman–Crippen LogP) is 3.54. The summed E-state index contributed by atoms with van der Waals surface area (Å²) in [4.78, 5) is 18.3. The SMILES string of the molecule is C=C(C)CN(C)C(=O)c1cc(Cl)nc2ccccc12. The fraction of sp³-hybridized carbons (Fsp3) is 0.200. The molecule has 0 N–H and O–H groups in total. The van der Waals surface area contributed by atoms with Crippen molar-refractivity contribution in [1.82, 2.24) is 9.88 Å². The first-order valence-electron chi connectivity index (χ1n) is 5.94. The summed E-state index contributed by atoms with van der Waals surface area (Å²) >= 11 is 5.98. The number of likely N-dealkylation sites (N-methyl/N-ethyl adjacent to an activating group) is 1. The number of halogens is 1. The van der Waals surface area contributed by atoms with Gasteiger partial charge in [0, 0.05) is 19.0 Å². The highest BCUT2D eigenvalue weighted by Crippen LogP contribution is 2.22. The third kappa shape index (κ3) is 2.93. The van der Waals surface area contributed by atoms with Crippen molar-refractivity contribution in [3.63, 3.8) is 0 Å². The second-order valence-corrected chi connectivity index (χ2v) is 5.02. The molecule has 19 heavy (non-hydrogen) atoms. The van der Waals surface area contributed by atoms with Crippen LogP contribution in [0.4, 0.5) is 0 Å². The van der Waals surface area contributed by atoms with Crippen LogP contribution in [0.5, 0.6) is 0 Å². The highest BCUT2D eigenvalue weighted by atomic mass is 35.5. The van der Waals surface area contributed by atoms with E-state index in [-0.39, 0.29) is 5.91 Å². The number of nitrogens with zero attached hydrogens (tertiary/aromatic N) is 2. The summed E-state index contributed by atoms with van der Waals surface area (Å²) in [6.45, 7) is 6.23. The molecule has 98 valence electrons. The number of carbonyl (C=O) groups is 1. The topological polar surface area (TPSA) is 33.2 Å². The number of rotatable bonds is 3. The molecule has 0 saturated carbocycles. The van der Waals surface area contributed by atoms with Crippen molar-refractivity contribution in [2.45, 2.75) is 6.92 Å². The van der Waals surface area contributed by atoms with E-state index in [4.69, 9.17) is 11.6 Å². The van der Waals surface area contributed by atoms with E-state index in [1.54, 1.807) is 18.0 Å². The van der Waals surface area contributed by atoms with Gasteiger partial charge in [-0.15, -0.1) is 0 Å². The van der Waals surface area contributed by atoms with Crippen LogP contribution in [0, 0.1) is 0 Å². The number of amides is 1. The Hall–Kier alpha value is -1.87. The molecule has 0 radical (unpaired) electrons. The number of hydrogen-bond donors (Lipinski definition) is 0. The average molecular weight is 275 g/mol. The molecule has 2 aromatic rings. The van der Waals surface area contributed by atoms with Crippen molar-refractivity contribution in [3.05, 3.63) is 53.2 Å². The Kier molecular flexibility index (Phi) is 3.86. The molecule has 2 rings (SSSR count). The van der Waals surface area contributed by atoms with Crippen LogP contribution in [0.3, 0.4) is 0 Å². The van der Waals surface area contributed by atoms with Gasteiger partial charge >= 0.3 is 0 Å². The molecule has 0 atom stereocenters. The van der Waals surface area contributed by atoms with E-state index in [0.29, 0.717) is 17.3 Å². The number of aromatic nitrogens is 1. The molecule has 0 saturated heterocycles. The summed E-state index contributed by atoms with van der Waals surface area (Å²) in [5.41, 5.74) is 2.22. The Morgan fingerprint density at radius 3 is 2.79 bits per heavy atom. The van der Waals surface area contributed by atoms with Gasteiger partial charge in [0.2, 0.25) is 0 Å². The molecule has 0 bridgehead atoms. The Morgan fingerprint density at radius 2 is 2.11 bits per heavy atom. The number of benzene rings is 1. The van der Waals surface area contributed by atoms with Crippen LogP contribution in [0.2, 0.25) is 5.15 Å². The second kappa shape index (κ2) is 5.41. The van der Waals surface area contributed by atoms with Crippen molar-refractivity contribution in [3.8, 4) is 0 Å². The first-order chi connectivity index (χ1) is 8.99. The maximum absolute atomic E-state index is 12.4. The normalized spacial score (nSPS) is 10.5. The quantitative estimate of drug-likeness (QED) is 0.634. The summed E-state index contributed by atoms with van der Waals surface area (Å²) in [5.74, 6) is -0.0801. The molecule has 0 aliphatic rings. The molecule has 1 amide bonds. The number of carbonyl (C=O) groups excluding carboxylic acids is 1. The van der Waals surface area contributed by atoms with Crippen LogP contribution in [-0.2, 0) is 0 Å². The lowest BCUT2D eigenvalue weighted by Crippen LogP contribution is -2.28. The highest BCUT2D eigenvalue weighted by Gasteiger charge is 2.16. The highest BCUT2D eigenvalue weighted by molar-refractivity contribution is 6.30. The minimum atomic E-state index is -0.0801. The third-order valence-corrected chi connectivity index (χ3v) is 2.96. The van der Waals surface area contributed by atoms with Crippen molar-refractivity contribution in [1.29, 1.82) is 0 Å². The lowest BCUT2D eigenvalue weighted by molar-refractivity contribution is 0.0809. The van der Waals surface area contributed by atoms with E-state index >= 15 is 0 Å². The standard InChI is InChI=1S/C15H15ClN2O/c1-10(2)9-18(3)15(19)12-8-14(16)17-13-7-5-4-6-11(12)13/h4-8H,1,9H2,2-3H3. The van der Waals surface area contributed by atoms with Gasteiger partial charge in [-0.05, 0) is 19.1 Å². The van der Waals surface area contributed by atoms with E-state index in [0.717, 1.165) is 16.5 Å². The van der Waals surface area contributed by atoms with E-state index in [2.05, 4.69) is 11.6 Å². The molecule has 0 aliphatic heterocycles. The maximum atomic E-state index is 12.4. The van der Waals surface area contributed by atoms with E-state index in [1.165, 1.54) is 0 Å². The molecule has 0 spiro atoms. The smallest absolute Gasteiger partial charge is 0.254 e. The van der Waals surface area contributed by atoms with Gasteiger partial charge in [0.15, 0.2) is 0 Å². The molecular weight excluding hydrogens is 260 g/mol. The van der Waals surface area contributed by atoms with Gasteiger partial charge in [-0.1, -0.05) is 42.0 Å². The minimum Gasteiger partial charge on any atom is -0.338 e. The van der Waals surface area contributed by atoms with Crippen LogP contribution >= 0.6 is 11.6 Å². The largest absolute Gasteiger partial charge is 0.338 e. The molecule has 3 nitrogen and oxygen atoms in total. The zero-order valence-electron chi connectivity index (χ0n) is 11.0. The molecule has 1 aromatic heterocycles. The Labute approximate surface area is 117 Å². The van der Waals surface area contributed by atoms with Gasteiger partial charge < -0.3 is 4.90 Å². The van der Waals surface area contributed by atoms with E-state index in [1.807, 2.05) is 31.2 Å². The summed E-state index contributed by atoms with van der Waals surface area (Å²) in [6, 6.07) is 9.09. The molecule has 4 heteroatoms. The van der Waals surface area contributed by atoms with Crippen LogP contribution < -0.4 is 0 Å². The monoisotopic (exact) mass is 274 g/mol. The van der Waals surface area contributed by atoms with E-state index < -0.39 is 0 Å². The van der Waals surface area contributed by atoms with Crippen molar-refractivity contribution in [2.24, 2.45) is 0 Å². The van der Waals surface area contributed by atoms with Crippen molar-refractivity contribution in [2.75, 3.05) is 13.6 Å². The number of fused-ring (bicyclic) bond motifs is 1. The van der Waals surface area contributed by atoms with Crippen LogP contribution in [0.25, 0.3) is 10.9 Å². The van der Waals surface area contributed by atoms with Crippen molar-refractivity contribution >= 4 is 28.4 Å². The van der Waals surface area contributed by atoms with Crippen LogP contribution in [0.15, 0.2) is 42.5 Å². The zero-order valence-corrected chi connectivity index (χ0v) is 11.7. The van der Waals surface area contributed by atoms with Gasteiger partial charge in [-0.2, -0.15) is 0 Å². The van der Waals surface area contributed by atoms with Gasteiger partial charge in [0.25, 0.3) is 5.91 Å². The van der Waals surface area contributed by atoms with Gasteiger partial charge in [-0.3, -0.25) is 4.79 Å². The van der Waals surface area contributed by atoms with Crippen LogP contribution in [0.1, 0.15) is 17.3 Å². The predicted molar refractivity (Wildman–Crippen MR) is 78.5 cm³/mol. The molecule has 1 heterocycles. The lowest BCUT2D eigenvalue weighted by atomic mass is 10.1. The fourth-order valence-corrected chi connectivity index (χ4v) is 2.20. The third-order valence-electron chi connectivity index (χ3n) is 2.77. The minimum absolute atomic E-state index is 0.0801. The Bertz CT molecular complexity index is 652. The summed E-state index contributed by atoms with van der Waals surface area (Å²) < 4.78 is 0. The molecule has 0 aliphatic carbocycles. The molecule has 0 unspecified atom stereocenters. The van der Waals surface area contributed by atoms with E-state index in [9.17, 15) is 4.79 Å². The second-order valence-electron chi connectivity index (χ2n) is 4.63. The first-order valence-corrected chi connectivity index (χ1v) is 6.32. The van der Waals surface area contributed by atoms with Gasteiger partial charge in [0.05, 0.1) is 11.1 Å². The first kappa shape index (κ1) is 13.6. The summed E-state index contributed by atoms with van der Waals surface area (Å²) in [6.07, 6.45) is 0.